The number of halogens is 3. The van der Waals surface area contributed by atoms with Gasteiger partial charge in [-0.25, -0.2) is 4.98 Å². The highest BCUT2D eigenvalue weighted by Gasteiger charge is 2.06. The van der Waals surface area contributed by atoms with Gasteiger partial charge in [0.15, 0.2) is 10.3 Å². The van der Waals surface area contributed by atoms with Crippen LogP contribution in [0.25, 0.3) is 5.69 Å². The van der Waals surface area contributed by atoms with E-state index >= 15 is 0 Å². The number of aromatic nitrogens is 2. The Morgan fingerprint density at radius 3 is 2.14 bits per heavy atom. The Bertz CT molecular complexity index is 448. The highest BCUT2D eigenvalue weighted by atomic mass is 35.5. The van der Waals surface area contributed by atoms with Crippen LogP contribution in [0.15, 0.2) is 30.6 Å². The van der Waals surface area contributed by atoms with E-state index in [2.05, 4.69) is 4.98 Å². The molecule has 0 saturated heterocycles. The van der Waals surface area contributed by atoms with Crippen LogP contribution in [0.4, 0.5) is 0 Å². The zero-order valence-corrected chi connectivity index (χ0v) is 9.18. The summed E-state index contributed by atoms with van der Waals surface area (Å²) in [6, 6.07) is 7.24. The molecule has 0 unspecified atom stereocenters. The van der Waals surface area contributed by atoms with Crippen LogP contribution in [0, 0.1) is 0 Å². The summed E-state index contributed by atoms with van der Waals surface area (Å²) in [6.45, 7) is 0. The molecule has 1 aromatic carbocycles. The van der Waals surface area contributed by atoms with Crippen LogP contribution in [0.2, 0.25) is 15.3 Å². The van der Waals surface area contributed by atoms with Gasteiger partial charge in [-0.3, -0.25) is 4.57 Å². The summed E-state index contributed by atoms with van der Waals surface area (Å²) < 4.78 is 1.68. The van der Waals surface area contributed by atoms with E-state index in [1.54, 1.807) is 23.0 Å². The van der Waals surface area contributed by atoms with Crippen molar-refractivity contribution >= 4 is 34.8 Å². The SMILES string of the molecule is Clc1ccc(-n2cnc(Cl)c2Cl)cc1. The lowest BCUT2D eigenvalue weighted by Crippen LogP contribution is -1.90. The molecule has 1 heterocycles. The maximum atomic E-state index is 5.92. The number of hydrogen-bond acceptors (Lipinski definition) is 1. The quantitative estimate of drug-likeness (QED) is 0.749. The summed E-state index contributed by atoms with van der Waals surface area (Å²) in [6.07, 6.45) is 1.56. The number of nitrogens with zero attached hydrogens (tertiary/aromatic N) is 2. The smallest absolute Gasteiger partial charge is 0.166 e. The highest BCUT2D eigenvalue weighted by Crippen LogP contribution is 2.24. The van der Waals surface area contributed by atoms with E-state index in [0.717, 1.165) is 5.69 Å². The maximum absolute atomic E-state index is 5.92. The van der Waals surface area contributed by atoms with Crippen LogP contribution in [-0.4, -0.2) is 9.55 Å². The van der Waals surface area contributed by atoms with E-state index in [1.807, 2.05) is 12.1 Å². The minimum atomic E-state index is 0.293. The molecule has 5 heteroatoms. The second-order valence-electron chi connectivity index (χ2n) is 2.67. The molecule has 1 aromatic heterocycles. The largest absolute Gasteiger partial charge is 0.288 e. The fraction of sp³-hybridized carbons (Fsp3) is 0. The van der Waals surface area contributed by atoms with Crippen molar-refractivity contribution in [3.8, 4) is 5.69 Å². The van der Waals surface area contributed by atoms with Crippen molar-refractivity contribution in [2.75, 3.05) is 0 Å². The second kappa shape index (κ2) is 3.81. The van der Waals surface area contributed by atoms with Crippen LogP contribution in [0.1, 0.15) is 0 Å². The van der Waals surface area contributed by atoms with Crippen molar-refractivity contribution in [3.63, 3.8) is 0 Å². The minimum absolute atomic E-state index is 0.293. The Balaban J connectivity index is 2.49. The molecule has 0 aliphatic carbocycles. The topological polar surface area (TPSA) is 17.8 Å². The van der Waals surface area contributed by atoms with Gasteiger partial charge in [-0.05, 0) is 24.3 Å². The third-order valence-corrected chi connectivity index (χ3v) is 2.76. The number of rotatable bonds is 1. The van der Waals surface area contributed by atoms with E-state index in [0.29, 0.717) is 15.3 Å². The summed E-state index contributed by atoms with van der Waals surface area (Å²) in [7, 11) is 0. The first-order valence-corrected chi connectivity index (χ1v) is 4.96. The molecule has 0 aliphatic rings. The lowest BCUT2D eigenvalue weighted by Gasteiger charge is -2.02. The van der Waals surface area contributed by atoms with Crippen molar-refractivity contribution < 1.29 is 0 Å². The second-order valence-corrected chi connectivity index (χ2v) is 3.83. The van der Waals surface area contributed by atoms with E-state index in [9.17, 15) is 0 Å². The number of hydrogen-bond donors (Lipinski definition) is 0. The Morgan fingerprint density at radius 1 is 1.00 bits per heavy atom. The lowest BCUT2D eigenvalue weighted by molar-refractivity contribution is 1.06. The molecule has 0 amide bonds. The molecule has 0 spiro atoms. The van der Waals surface area contributed by atoms with Crippen molar-refractivity contribution in [3.05, 3.63) is 45.9 Å². The van der Waals surface area contributed by atoms with Gasteiger partial charge >= 0.3 is 0 Å². The van der Waals surface area contributed by atoms with Gasteiger partial charge in [0.1, 0.15) is 6.33 Å². The van der Waals surface area contributed by atoms with Crippen LogP contribution >= 0.6 is 34.8 Å². The molecule has 2 rings (SSSR count). The Kier molecular flexibility index (Phi) is 2.68. The average Bonchev–Trinajstić information content (AvgIpc) is 2.50. The monoisotopic (exact) mass is 246 g/mol. The molecule has 0 saturated carbocycles. The Labute approximate surface area is 96.0 Å². The predicted molar refractivity (Wildman–Crippen MR) is 58.6 cm³/mol. The van der Waals surface area contributed by atoms with Gasteiger partial charge in [-0.1, -0.05) is 34.8 Å². The molecule has 0 N–H and O–H groups in total. The van der Waals surface area contributed by atoms with Gasteiger partial charge < -0.3 is 0 Å². The van der Waals surface area contributed by atoms with E-state index < -0.39 is 0 Å². The fourth-order valence-corrected chi connectivity index (χ4v) is 1.54. The number of imidazole rings is 1. The molecule has 0 bridgehead atoms. The molecule has 14 heavy (non-hydrogen) atoms. The molecular formula is C9H5Cl3N2. The van der Waals surface area contributed by atoms with E-state index in [-0.39, 0.29) is 0 Å². The first kappa shape index (κ1) is 9.84. The molecule has 0 aliphatic heterocycles. The van der Waals surface area contributed by atoms with Crippen molar-refractivity contribution in [2.45, 2.75) is 0 Å². The minimum Gasteiger partial charge on any atom is -0.288 e. The van der Waals surface area contributed by atoms with Crippen LogP contribution in [-0.2, 0) is 0 Å². The van der Waals surface area contributed by atoms with E-state index in [1.165, 1.54) is 0 Å². The predicted octanol–water partition coefficient (Wildman–Crippen LogP) is 3.83. The molecule has 0 fully saturated rings. The first-order valence-electron chi connectivity index (χ1n) is 3.83. The maximum Gasteiger partial charge on any atom is 0.166 e. The lowest BCUT2D eigenvalue weighted by atomic mass is 10.3. The van der Waals surface area contributed by atoms with Crippen molar-refractivity contribution in [1.29, 1.82) is 0 Å². The summed E-state index contributed by atoms with van der Waals surface area (Å²) in [5.74, 6) is 0. The third-order valence-electron chi connectivity index (χ3n) is 1.77. The van der Waals surface area contributed by atoms with Gasteiger partial charge in [0.2, 0.25) is 0 Å². The molecule has 0 radical (unpaired) electrons. The fourth-order valence-electron chi connectivity index (χ4n) is 1.09. The Hall–Kier alpha value is -0.700. The normalized spacial score (nSPS) is 10.5. The van der Waals surface area contributed by atoms with Gasteiger partial charge in [0.05, 0.1) is 0 Å². The molecule has 2 aromatic rings. The summed E-state index contributed by atoms with van der Waals surface area (Å²) in [4.78, 5) is 3.88. The average molecular weight is 248 g/mol. The highest BCUT2D eigenvalue weighted by molar-refractivity contribution is 6.40. The van der Waals surface area contributed by atoms with Crippen LogP contribution in [0.3, 0.4) is 0 Å². The Morgan fingerprint density at radius 2 is 1.64 bits per heavy atom. The molecular weight excluding hydrogens is 242 g/mol. The standard InChI is InChI=1S/C9H5Cl3N2/c10-6-1-3-7(4-2-6)14-5-13-8(11)9(14)12/h1-5H. The number of benzene rings is 1. The third kappa shape index (κ3) is 1.73. The summed E-state index contributed by atoms with van der Waals surface area (Å²) in [5.41, 5.74) is 0.874. The van der Waals surface area contributed by atoms with Gasteiger partial charge in [-0.2, -0.15) is 0 Å². The van der Waals surface area contributed by atoms with Gasteiger partial charge in [0.25, 0.3) is 0 Å². The van der Waals surface area contributed by atoms with Gasteiger partial charge in [0, 0.05) is 10.7 Å². The molecule has 72 valence electrons. The first-order chi connectivity index (χ1) is 6.68. The zero-order valence-electron chi connectivity index (χ0n) is 6.92. The van der Waals surface area contributed by atoms with Gasteiger partial charge in [-0.15, -0.1) is 0 Å². The summed E-state index contributed by atoms with van der Waals surface area (Å²) in [5, 5.41) is 1.37. The van der Waals surface area contributed by atoms with E-state index in [4.69, 9.17) is 34.8 Å². The summed E-state index contributed by atoms with van der Waals surface area (Å²) >= 11 is 17.4. The van der Waals surface area contributed by atoms with Crippen LogP contribution < -0.4 is 0 Å². The van der Waals surface area contributed by atoms with Crippen molar-refractivity contribution in [1.82, 2.24) is 9.55 Å². The molecule has 2 nitrogen and oxygen atoms in total. The molecule has 0 atom stereocenters. The van der Waals surface area contributed by atoms with Crippen LogP contribution in [0.5, 0.6) is 0 Å². The zero-order chi connectivity index (χ0) is 10.1. The van der Waals surface area contributed by atoms with Crippen molar-refractivity contribution in [2.24, 2.45) is 0 Å².